The molecule has 2 heterocycles. The summed E-state index contributed by atoms with van der Waals surface area (Å²) in [5.41, 5.74) is 8.08. The normalized spacial score (nSPS) is 11.6. The number of fused-ring (bicyclic) bond motifs is 1. The van der Waals surface area contributed by atoms with E-state index in [-0.39, 0.29) is 0 Å². The third-order valence-electron chi connectivity index (χ3n) is 3.95. The van der Waals surface area contributed by atoms with Crippen LogP contribution in [0.15, 0.2) is 78.2 Å². The van der Waals surface area contributed by atoms with Crippen molar-refractivity contribution in [2.75, 3.05) is 5.43 Å². The van der Waals surface area contributed by atoms with Crippen molar-refractivity contribution in [2.24, 2.45) is 5.10 Å². The summed E-state index contributed by atoms with van der Waals surface area (Å²) in [7, 11) is 0. The zero-order valence-corrected chi connectivity index (χ0v) is 13.7. The quantitative estimate of drug-likeness (QED) is 0.343. The lowest BCUT2D eigenvalue weighted by atomic mass is 10.0. The van der Waals surface area contributed by atoms with Gasteiger partial charge in [-0.25, -0.2) is 0 Å². The van der Waals surface area contributed by atoms with E-state index in [0.717, 1.165) is 16.9 Å². The number of nitrogens with zero attached hydrogens (tertiary/aromatic N) is 4. The topological polar surface area (TPSA) is 70.1 Å². The maximum atomic E-state index is 4.42. The van der Waals surface area contributed by atoms with Gasteiger partial charge >= 0.3 is 5.65 Å². The second-order valence-electron chi connectivity index (χ2n) is 5.64. The number of nitrogens with one attached hydrogen (secondary N) is 2. The first-order valence-electron chi connectivity index (χ1n) is 7.98. The van der Waals surface area contributed by atoms with Crippen LogP contribution >= 0.6 is 0 Å². The Hall–Kier alpha value is -3.54. The monoisotopic (exact) mass is 329 g/mol. The third kappa shape index (κ3) is 3.23. The molecule has 0 aliphatic rings. The lowest BCUT2D eigenvalue weighted by Crippen LogP contribution is -2.24. The summed E-state index contributed by atoms with van der Waals surface area (Å²) >= 11 is 0. The van der Waals surface area contributed by atoms with Gasteiger partial charge in [0.2, 0.25) is 6.33 Å². The standard InChI is InChI=1S/C19H16N6/c1-14(21-22-18-11-12-19-23-20-13-25(19)24-18)15-7-9-17(10-8-15)16-5-3-2-4-6-16/h2-13H,1H3,(H,22,24)/p+1/b21-14+. The molecule has 6 heteroatoms. The predicted octanol–water partition coefficient (Wildman–Crippen LogP) is 3.05. The van der Waals surface area contributed by atoms with Crippen molar-refractivity contribution in [1.82, 2.24) is 15.3 Å². The Morgan fingerprint density at radius 2 is 1.72 bits per heavy atom. The van der Waals surface area contributed by atoms with Gasteiger partial charge in [-0.3, -0.25) is 5.43 Å². The van der Waals surface area contributed by atoms with Crippen molar-refractivity contribution >= 4 is 17.2 Å². The average Bonchev–Trinajstić information content (AvgIpc) is 3.15. The second-order valence-corrected chi connectivity index (χ2v) is 5.64. The molecule has 4 aromatic rings. The number of rotatable bonds is 4. The molecule has 0 atom stereocenters. The van der Waals surface area contributed by atoms with Crippen LogP contribution in [0.5, 0.6) is 0 Å². The van der Waals surface area contributed by atoms with Crippen molar-refractivity contribution < 1.29 is 4.52 Å². The summed E-state index contributed by atoms with van der Waals surface area (Å²) in [6.07, 6.45) is 1.68. The fourth-order valence-corrected chi connectivity index (χ4v) is 2.56. The first-order chi connectivity index (χ1) is 12.3. The van der Waals surface area contributed by atoms with Crippen LogP contribution in [0, 0.1) is 0 Å². The summed E-state index contributed by atoms with van der Waals surface area (Å²) in [6.45, 7) is 1.97. The maximum absolute atomic E-state index is 4.42. The van der Waals surface area contributed by atoms with Crippen molar-refractivity contribution in [1.29, 1.82) is 0 Å². The Kier molecular flexibility index (Phi) is 3.92. The molecule has 0 saturated carbocycles. The Morgan fingerprint density at radius 3 is 2.52 bits per heavy atom. The predicted molar refractivity (Wildman–Crippen MR) is 97.3 cm³/mol. The zero-order chi connectivity index (χ0) is 17.1. The third-order valence-corrected chi connectivity index (χ3v) is 3.95. The van der Waals surface area contributed by atoms with Gasteiger partial charge < -0.3 is 0 Å². The molecule has 0 fully saturated rings. The Labute approximate surface area is 144 Å². The fourth-order valence-electron chi connectivity index (χ4n) is 2.56. The van der Waals surface area contributed by atoms with Gasteiger partial charge in [-0.05, 0) is 29.7 Å². The molecule has 2 N–H and O–H groups in total. The largest absolute Gasteiger partial charge is 0.325 e. The molecule has 4 rings (SSSR count). The van der Waals surface area contributed by atoms with E-state index in [1.54, 1.807) is 10.8 Å². The molecular weight excluding hydrogens is 312 g/mol. The Bertz CT molecular complexity index is 1020. The van der Waals surface area contributed by atoms with Gasteiger partial charge in [0, 0.05) is 11.2 Å². The van der Waals surface area contributed by atoms with Crippen molar-refractivity contribution in [3.63, 3.8) is 0 Å². The van der Waals surface area contributed by atoms with E-state index in [0.29, 0.717) is 5.82 Å². The molecule has 6 nitrogen and oxygen atoms in total. The Balaban J connectivity index is 1.51. The number of aromatic nitrogens is 4. The lowest BCUT2D eigenvalue weighted by molar-refractivity contribution is -0.579. The van der Waals surface area contributed by atoms with E-state index in [1.807, 2.05) is 37.3 Å². The number of hydrogen-bond donors (Lipinski definition) is 2. The average molecular weight is 329 g/mol. The highest BCUT2D eigenvalue weighted by Crippen LogP contribution is 2.19. The molecule has 0 spiro atoms. The minimum absolute atomic E-state index is 0.652. The molecule has 0 aliphatic heterocycles. The molecule has 2 aromatic heterocycles. The number of hydrogen-bond acceptors (Lipinski definition) is 4. The lowest BCUT2D eigenvalue weighted by Gasteiger charge is -2.05. The summed E-state index contributed by atoms with van der Waals surface area (Å²) in [6, 6.07) is 22.4. The van der Waals surface area contributed by atoms with Crippen LogP contribution in [-0.2, 0) is 0 Å². The molecule has 25 heavy (non-hydrogen) atoms. The van der Waals surface area contributed by atoms with Gasteiger partial charge in [0.15, 0.2) is 5.82 Å². The van der Waals surface area contributed by atoms with E-state index in [1.165, 1.54) is 11.1 Å². The van der Waals surface area contributed by atoms with Crippen LogP contribution in [-0.4, -0.2) is 21.0 Å². The van der Waals surface area contributed by atoms with Gasteiger partial charge in [-0.2, -0.15) is 5.10 Å². The van der Waals surface area contributed by atoms with E-state index >= 15 is 0 Å². The van der Waals surface area contributed by atoms with Crippen molar-refractivity contribution in [3.05, 3.63) is 78.6 Å². The zero-order valence-electron chi connectivity index (χ0n) is 13.7. The number of aromatic amines is 1. The van der Waals surface area contributed by atoms with Crippen molar-refractivity contribution in [2.45, 2.75) is 6.92 Å². The highest BCUT2D eigenvalue weighted by Gasteiger charge is 2.05. The first kappa shape index (κ1) is 15.0. The van der Waals surface area contributed by atoms with Gasteiger partial charge in [0.1, 0.15) is 0 Å². The molecular formula is C19H17N6+. The molecule has 2 aromatic carbocycles. The minimum atomic E-state index is 0.652. The van der Waals surface area contributed by atoms with Crippen molar-refractivity contribution in [3.8, 4) is 11.1 Å². The van der Waals surface area contributed by atoms with E-state index in [9.17, 15) is 0 Å². The minimum Gasteiger partial charge on any atom is -0.259 e. The Morgan fingerprint density at radius 1 is 0.960 bits per heavy atom. The first-order valence-corrected chi connectivity index (χ1v) is 7.98. The van der Waals surface area contributed by atoms with E-state index < -0.39 is 0 Å². The molecule has 0 bridgehead atoms. The smallest absolute Gasteiger partial charge is 0.259 e. The van der Waals surface area contributed by atoms with Gasteiger partial charge in [-0.15, -0.1) is 9.61 Å². The highest BCUT2D eigenvalue weighted by atomic mass is 15.4. The van der Waals surface area contributed by atoms with Crippen LogP contribution < -0.4 is 9.94 Å². The number of hydrazone groups is 1. The molecule has 122 valence electrons. The summed E-state index contributed by atoms with van der Waals surface area (Å²) in [5.74, 6) is 0.652. The number of anilines is 1. The number of benzene rings is 2. The summed E-state index contributed by atoms with van der Waals surface area (Å²) in [4.78, 5) is 0. The van der Waals surface area contributed by atoms with E-state index in [2.05, 4.69) is 62.2 Å². The van der Waals surface area contributed by atoms with Gasteiger partial charge in [-0.1, -0.05) is 59.7 Å². The maximum Gasteiger partial charge on any atom is 0.325 e. The van der Waals surface area contributed by atoms with E-state index in [4.69, 9.17) is 0 Å². The van der Waals surface area contributed by atoms with Crippen LogP contribution in [0.4, 0.5) is 5.82 Å². The molecule has 0 radical (unpaired) electrons. The molecule has 0 saturated heterocycles. The molecule has 0 unspecified atom stereocenters. The number of H-pyrrole nitrogens is 1. The van der Waals surface area contributed by atoms with Gasteiger partial charge in [0.25, 0.3) is 0 Å². The van der Waals surface area contributed by atoms with Crippen LogP contribution in [0.25, 0.3) is 16.8 Å². The fraction of sp³-hybridized carbons (Fsp3) is 0.0526. The highest BCUT2D eigenvalue weighted by molar-refractivity contribution is 5.99. The summed E-state index contributed by atoms with van der Waals surface area (Å²) in [5, 5.41) is 15.6. The second kappa shape index (κ2) is 6.52. The van der Waals surface area contributed by atoms with Crippen LogP contribution in [0.1, 0.15) is 12.5 Å². The van der Waals surface area contributed by atoms with Crippen LogP contribution in [0.3, 0.4) is 0 Å². The summed E-state index contributed by atoms with van der Waals surface area (Å²) < 4.78 is 1.65. The van der Waals surface area contributed by atoms with Gasteiger partial charge in [0.05, 0.1) is 5.71 Å². The van der Waals surface area contributed by atoms with Crippen LogP contribution in [0.2, 0.25) is 0 Å². The molecule has 0 aliphatic carbocycles. The SMILES string of the molecule is C/C(=N\Nc1ccc2n[nH]c[n+]2n1)c1ccc(-c2ccccc2)cc1. The molecule has 0 amide bonds.